The van der Waals surface area contributed by atoms with E-state index in [1.807, 2.05) is 48.5 Å². The largest absolute Gasteiger partial charge is 0.497 e. The average Bonchev–Trinajstić information content (AvgIpc) is 2.74. The number of carbonyl (C=O) groups excluding carboxylic acids is 1. The predicted octanol–water partition coefficient (Wildman–Crippen LogP) is 5.52. The molecule has 0 spiro atoms. The van der Waals surface area contributed by atoms with Gasteiger partial charge in [0, 0.05) is 23.0 Å². The molecule has 3 aromatic rings. The molecule has 1 N–H and O–H groups in total. The standard InChI is InChI=1S/C23H22ClNO3/c1-27-20-11-3-16(4-12-20)22(17-5-13-21(28-2)14-6-17)15-23(26)25-19-9-7-18(24)8-10-19/h3-14,22H,15H2,1-2H3,(H,25,26). The molecule has 28 heavy (non-hydrogen) atoms. The molecule has 0 saturated heterocycles. The number of rotatable bonds is 7. The van der Waals surface area contributed by atoms with Crippen molar-refractivity contribution in [2.45, 2.75) is 12.3 Å². The summed E-state index contributed by atoms with van der Waals surface area (Å²) in [5.74, 6) is 1.40. The molecule has 4 nitrogen and oxygen atoms in total. The van der Waals surface area contributed by atoms with Crippen molar-refractivity contribution in [3.05, 3.63) is 88.9 Å². The van der Waals surface area contributed by atoms with E-state index in [4.69, 9.17) is 21.1 Å². The Morgan fingerprint density at radius 2 is 1.29 bits per heavy atom. The number of hydrogen-bond donors (Lipinski definition) is 1. The van der Waals surface area contributed by atoms with Gasteiger partial charge in [-0.15, -0.1) is 0 Å². The summed E-state index contributed by atoms with van der Waals surface area (Å²) in [4.78, 5) is 12.7. The first kappa shape index (κ1) is 19.8. The SMILES string of the molecule is COc1ccc(C(CC(=O)Nc2ccc(Cl)cc2)c2ccc(OC)cc2)cc1. The van der Waals surface area contributed by atoms with Gasteiger partial charge >= 0.3 is 0 Å². The Kier molecular flexibility index (Phi) is 6.56. The molecule has 0 bridgehead atoms. The van der Waals surface area contributed by atoms with E-state index < -0.39 is 0 Å². The van der Waals surface area contributed by atoms with Crippen LogP contribution in [0, 0.1) is 0 Å². The molecule has 0 atom stereocenters. The third-order valence-electron chi connectivity index (χ3n) is 4.55. The summed E-state index contributed by atoms with van der Waals surface area (Å²) in [6.45, 7) is 0. The lowest BCUT2D eigenvalue weighted by atomic mass is 9.88. The highest BCUT2D eigenvalue weighted by Crippen LogP contribution is 2.31. The van der Waals surface area contributed by atoms with E-state index in [1.54, 1.807) is 38.5 Å². The van der Waals surface area contributed by atoms with Crippen molar-refractivity contribution in [2.24, 2.45) is 0 Å². The maximum absolute atomic E-state index is 12.7. The van der Waals surface area contributed by atoms with Crippen molar-refractivity contribution >= 4 is 23.2 Å². The molecule has 0 radical (unpaired) electrons. The van der Waals surface area contributed by atoms with Gasteiger partial charge < -0.3 is 14.8 Å². The molecule has 0 unspecified atom stereocenters. The van der Waals surface area contributed by atoms with E-state index >= 15 is 0 Å². The number of methoxy groups -OCH3 is 2. The smallest absolute Gasteiger partial charge is 0.225 e. The van der Waals surface area contributed by atoms with Gasteiger partial charge in [-0.1, -0.05) is 35.9 Å². The molecule has 0 heterocycles. The summed E-state index contributed by atoms with van der Waals surface area (Å²) in [5, 5.41) is 3.57. The third-order valence-corrected chi connectivity index (χ3v) is 4.81. The fourth-order valence-electron chi connectivity index (χ4n) is 3.03. The molecule has 0 aromatic heterocycles. The quantitative estimate of drug-likeness (QED) is 0.573. The van der Waals surface area contributed by atoms with Crippen molar-refractivity contribution in [2.75, 3.05) is 19.5 Å². The zero-order valence-electron chi connectivity index (χ0n) is 15.8. The number of carbonyl (C=O) groups is 1. The molecule has 0 aliphatic rings. The van der Waals surface area contributed by atoms with Crippen molar-refractivity contribution < 1.29 is 14.3 Å². The van der Waals surface area contributed by atoms with E-state index in [2.05, 4.69) is 5.32 Å². The number of halogens is 1. The summed E-state index contributed by atoms with van der Waals surface area (Å²) in [6, 6.07) is 22.7. The second-order valence-corrected chi connectivity index (χ2v) is 6.79. The van der Waals surface area contributed by atoms with Crippen molar-refractivity contribution in [1.82, 2.24) is 0 Å². The maximum Gasteiger partial charge on any atom is 0.225 e. The van der Waals surface area contributed by atoms with Gasteiger partial charge in [-0.3, -0.25) is 4.79 Å². The summed E-state index contributed by atoms with van der Waals surface area (Å²) >= 11 is 5.91. The van der Waals surface area contributed by atoms with E-state index in [0.717, 1.165) is 28.3 Å². The Bertz CT molecular complexity index is 859. The highest BCUT2D eigenvalue weighted by Gasteiger charge is 2.19. The lowest BCUT2D eigenvalue weighted by Crippen LogP contribution is -2.16. The van der Waals surface area contributed by atoms with Crippen LogP contribution in [0.25, 0.3) is 0 Å². The van der Waals surface area contributed by atoms with Crippen LogP contribution in [-0.2, 0) is 4.79 Å². The number of benzene rings is 3. The van der Waals surface area contributed by atoms with Crippen molar-refractivity contribution in [3.63, 3.8) is 0 Å². The van der Waals surface area contributed by atoms with Crippen LogP contribution >= 0.6 is 11.6 Å². The van der Waals surface area contributed by atoms with E-state index in [1.165, 1.54) is 0 Å². The first-order chi connectivity index (χ1) is 13.6. The minimum atomic E-state index is -0.0934. The zero-order chi connectivity index (χ0) is 19.9. The molecule has 3 aromatic carbocycles. The Hall–Kier alpha value is -2.98. The van der Waals surface area contributed by atoms with Crippen LogP contribution in [0.15, 0.2) is 72.8 Å². The van der Waals surface area contributed by atoms with Crippen molar-refractivity contribution in [3.8, 4) is 11.5 Å². The van der Waals surface area contributed by atoms with Crippen molar-refractivity contribution in [1.29, 1.82) is 0 Å². The van der Waals surface area contributed by atoms with Gasteiger partial charge in [-0.25, -0.2) is 0 Å². The number of hydrogen-bond acceptors (Lipinski definition) is 3. The molecular weight excluding hydrogens is 374 g/mol. The van der Waals surface area contributed by atoms with E-state index in [9.17, 15) is 4.79 Å². The first-order valence-electron chi connectivity index (χ1n) is 8.92. The van der Waals surface area contributed by atoms with Gasteiger partial charge in [0.25, 0.3) is 0 Å². The van der Waals surface area contributed by atoms with Gasteiger partial charge in [-0.2, -0.15) is 0 Å². The second kappa shape index (κ2) is 9.29. The molecule has 0 aliphatic carbocycles. The first-order valence-corrected chi connectivity index (χ1v) is 9.30. The van der Waals surface area contributed by atoms with Gasteiger partial charge in [0.05, 0.1) is 14.2 Å². The minimum Gasteiger partial charge on any atom is -0.497 e. The average molecular weight is 396 g/mol. The lowest BCUT2D eigenvalue weighted by molar-refractivity contribution is -0.116. The number of anilines is 1. The summed E-state index contributed by atoms with van der Waals surface area (Å²) < 4.78 is 10.5. The van der Waals surface area contributed by atoms with Gasteiger partial charge in [-0.05, 0) is 59.7 Å². The Morgan fingerprint density at radius 1 is 0.821 bits per heavy atom. The summed E-state index contributed by atoms with van der Waals surface area (Å²) in [7, 11) is 3.27. The highest BCUT2D eigenvalue weighted by atomic mass is 35.5. The molecule has 5 heteroatoms. The number of nitrogens with one attached hydrogen (secondary N) is 1. The summed E-state index contributed by atoms with van der Waals surface area (Å²) in [6.07, 6.45) is 0.307. The Morgan fingerprint density at radius 3 is 1.71 bits per heavy atom. The number of ether oxygens (including phenoxy) is 2. The predicted molar refractivity (Wildman–Crippen MR) is 113 cm³/mol. The van der Waals surface area contributed by atoms with Crippen LogP contribution in [0.3, 0.4) is 0 Å². The van der Waals surface area contributed by atoms with Crippen LogP contribution < -0.4 is 14.8 Å². The highest BCUT2D eigenvalue weighted by molar-refractivity contribution is 6.30. The molecule has 0 fully saturated rings. The molecule has 0 aliphatic heterocycles. The fraction of sp³-hybridized carbons (Fsp3) is 0.174. The van der Waals surface area contributed by atoms with Crippen LogP contribution in [0.2, 0.25) is 5.02 Å². The lowest BCUT2D eigenvalue weighted by Gasteiger charge is -2.19. The topological polar surface area (TPSA) is 47.6 Å². The fourth-order valence-corrected chi connectivity index (χ4v) is 3.16. The molecule has 0 saturated carbocycles. The van der Waals surface area contributed by atoms with Gasteiger partial charge in [0.15, 0.2) is 0 Å². The van der Waals surface area contributed by atoms with E-state index in [0.29, 0.717) is 11.4 Å². The Balaban J connectivity index is 1.83. The molecule has 1 amide bonds. The zero-order valence-corrected chi connectivity index (χ0v) is 16.6. The summed E-state index contributed by atoms with van der Waals surface area (Å²) in [5.41, 5.74) is 2.80. The normalized spacial score (nSPS) is 10.6. The third kappa shape index (κ3) is 5.05. The minimum absolute atomic E-state index is 0.0704. The second-order valence-electron chi connectivity index (χ2n) is 6.36. The molecule has 144 valence electrons. The van der Waals surface area contributed by atoms with Crippen LogP contribution in [0.1, 0.15) is 23.5 Å². The monoisotopic (exact) mass is 395 g/mol. The maximum atomic E-state index is 12.7. The van der Waals surface area contributed by atoms with Crippen LogP contribution in [0.4, 0.5) is 5.69 Å². The van der Waals surface area contributed by atoms with Gasteiger partial charge in [0.2, 0.25) is 5.91 Å². The Labute approximate surface area is 170 Å². The molecular formula is C23H22ClNO3. The van der Waals surface area contributed by atoms with Gasteiger partial charge in [0.1, 0.15) is 11.5 Å². The van der Waals surface area contributed by atoms with Crippen LogP contribution in [-0.4, -0.2) is 20.1 Å². The number of amides is 1. The van der Waals surface area contributed by atoms with Crippen LogP contribution in [0.5, 0.6) is 11.5 Å². The van der Waals surface area contributed by atoms with E-state index in [-0.39, 0.29) is 11.8 Å². The molecule has 3 rings (SSSR count).